The van der Waals surface area contributed by atoms with Crippen LogP contribution in [-0.2, 0) is 16.4 Å². The summed E-state index contributed by atoms with van der Waals surface area (Å²) in [5, 5.41) is 1.96. The molecule has 2 heterocycles. The highest BCUT2D eigenvalue weighted by Gasteiger charge is 2.13. The van der Waals surface area contributed by atoms with Crippen LogP contribution < -0.4 is 4.74 Å². The minimum Gasteiger partial charge on any atom is -0.487 e. The topological polar surface area (TPSA) is 69.4 Å². The van der Waals surface area contributed by atoms with Crippen molar-refractivity contribution in [1.82, 2.24) is 4.98 Å². The maximum Gasteiger partial charge on any atom is 0.236 e. The fraction of sp³-hybridized carbons (Fsp3) is 0.188. The lowest BCUT2D eigenvalue weighted by atomic mass is 10.3. The zero-order valence-corrected chi connectivity index (χ0v) is 14.3. The third kappa shape index (κ3) is 3.62. The number of aryl methyl sites for hydroxylation is 1. The Hall–Kier alpha value is -2.12. The van der Waals surface area contributed by atoms with Crippen molar-refractivity contribution >= 4 is 21.2 Å². The molecule has 0 saturated carbocycles. The van der Waals surface area contributed by atoms with Crippen molar-refractivity contribution in [3.05, 3.63) is 53.2 Å². The Kier molecular flexibility index (Phi) is 4.23. The number of ether oxygens (including phenoxy) is 1. The number of hydrogen-bond acceptors (Lipinski definition) is 6. The second-order valence-corrected chi connectivity index (χ2v) is 8.00. The molecule has 0 bridgehead atoms. The van der Waals surface area contributed by atoms with Crippen LogP contribution in [0.2, 0.25) is 0 Å². The van der Waals surface area contributed by atoms with Gasteiger partial charge in [0.25, 0.3) is 0 Å². The summed E-state index contributed by atoms with van der Waals surface area (Å²) in [6, 6.07) is 10.3. The molecule has 23 heavy (non-hydrogen) atoms. The third-order valence-electron chi connectivity index (χ3n) is 3.23. The summed E-state index contributed by atoms with van der Waals surface area (Å²) in [6.07, 6.45) is 1.17. The van der Waals surface area contributed by atoms with E-state index in [2.05, 4.69) is 4.98 Å². The molecule has 0 N–H and O–H groups in total. The first kappa shape index (κ1) is 15.8. The lowest BCUT2D eigenvalue weighted by Gasteiger charge is -2.06. The van der Waals surface area contributed by atoms with Crippen molar-refractivity contribution in [2.45, 2.75) is 18.4 Å². The van der Waals surface area contributed by atoms with Crippen molar-refractivity contribution in [3.8, 4) is 16.5 Å². The first-order valence-corrected chi connectivity index (χ1v) is 9.64. The number of nitrogens with zero attached hydrogens (tertiary/aromatic N) is 1. The largest absolute Gasteiger partial charge is 0.487 e. The maximum absolute atomic E-state index is 11.6. The van der Waals surface area contributed by atoms with Gasteiger partial charge in [-0.15, -0.1) is 11.3 Å². The molecule has 7 heteroatoms. The number of oxazole rings is 1. The van der Waals surface area contributed by atoms with Gasteiger partial charge in [0.15, 0.2) is 9.84 Å². The molecule has 3 aromatic rings. The Bertz CT molecular complexity index is 911. The van der Waals surface area contributed by atoms with E-state index in [0.29, 0.717) is 23.1 Å². The molecule has 0 unspecified atom stereocenters. The number of hydrogen-bond donors (Lipinski definition) is 0. The molecular formula is C16H15NO4S2. The van der Waals surface area contributed by atoms with Gasteiger partial charge < -0.3 is 9.15 Å². The molecule has 0 aliphatic heterocycles. The summed E-state index contributed by atoms with van der Waals surface area (Å²) < 4.78 is 34.4. The fourth-order valence-electron chi connectivity index (χ4n) is 2.01. The molecule has 1 aromatic carbocycles. The van der Waals surface area contributed by atoms with Crippen LogP contribution in [0.1, 0.15) is 11.5 Å². The number of rotatable bonds is 5. The van der Waals surface area contributed by atoms with E-state index in [1.54, 1.807) is 29.5 Å². The molecule has 5 nitrogen and oxygen atoms in total. The quantitative estimate of drug-likeness (QED) is 0.702. The Morgan fingerprint density at radius 3 is 2.78 bits per heavy atom. The smallest absolute Gasteiger partial charge is 0.236 e. The fourth-order valence-corrected chi connectivity index (χ4v) is 3.32. The summed E-state index contributed by atoms with van der Waals surface area (Å²) in [5.41, 5.74) is 0.693. The van der Waals surface area contributed by atoms with Crippen LogP contribution in [0.15, 0.2) is 51.1 Å². The molecule has 0 aliphatic carbocycles. The van der Waals surface area contributed by atoms with Gasteiger partial charge in [-0.2, -0.15) is 0 Å². The van der Waals surface area contributed by atoms with Gasteiger partial charge in [0, 0.05) is 6.26 Å². The zero-order chi connectivity index (χ0) is 16.4. The van der Waals surface area contributed by atoms with Crippen LogP contribution in [-0.4, -0.2) is 19.7 Å². The molecule has 0 atom stereocenters. The van der Waals surface area contributed by atoms with Crippen molar-refractivity contribution in [3.63, 3.8) is 0 Å². The van der Waals surface area contributed by atoms with Gasteiger partial charge in [-0.25, -0.2) is 13.4 Å². The summed E-state index contributed by atoms with van der Waals surface area (Å²) in [5.74, 6) is 1.74. The van der Waals surface area contributed by atoms with Crippen molar-refractivity contribution < 1.29 is 17.6 Å². The molecule has 0 radical (unpaired) electrons. The van der Waals surface area contributed by atoms with Crippen LogP contribution in [0.4, 0.5) is 0 Å². The molecule has 0 fully saturated rings. The standard InChI is InChI=1S/C16H15NO4S2/c1-11-14(17-16(21-11)15-7-4-8-22-15)10-20-12-5-3-6-13(9-12)23(2,18)19/h3-9H,10H2,1-2H3. The second-order valence-electron chi connectivity index (χ2n) is 5.03. The average molecular weight is 349 g/mol. The lowest BCUT2D eigenvalue weighted by molar-refractivity contribution is 0.298. The highest BCUT2D eigenvalue weighted by atomic mass is 32.2. The van der Waals surface area contributed by atoms with Crippen LogP contribution in [0.3, 0.4) is 0 Å². The van der Waals surface area contributed by atoms with Crippen LogP contribution >= 0.6 is 11.3 Å². The number of aromatic nitrogens is 1. The molecule has 0 spiro atoms. The molecule has 120 valence electrons. The van der Waals surface area contributed by atoms with Gasteiger partial charge in [0.05, 0.1) is 9.77 Å². The predicted molar refractivity (Wildman–Crippen MR) is 88.4 cm³/mol. The van der Waals surface area contributed by atoms with Gasteiger partial charge in [-0.05, 0) is 36.6 Å². The van der Waals surface area contributed by atoms with E-state index in [-0.39, 0.29) is 11.5 Å². The number of thiophene rings is 1. The van der Waals surface area contributed by atoms with Gasteiger partial charge in [-0.1, -0.05) is 12.1 Å². The Labute approximate surface area is 138 Å². The highest BCUT2D eigenvalue weighted by molar-refractivity contribution is 7.90. The summed E-state index contributed by atoms with van der Waals surface area (Å²) >= 11 is 1.55. The minimum atomic E-state index is -3.25. The third-order valence-corrected chi connectivity index (χ3v) is 5.20. The Balaban J connectivity index is 1.77. The van der Waals surface area contributed by atoms with Gasteiger partial charge in [0.2, 0.25) is 5.89 Å². The molecule has 0 amide bonds. The SMILES string of the molecule is Cc1oc(-c2cccs2)nc1COc1cccc(S(C)(=O)=O)c1. The Morgan fingerprint density at radius 1 is 1.26 bits per heavy atom. The summed E-state index contributed by atoms with van der Waals surface area (Å²) in [6.45, 7) is 2.05. The highest BCUT2D eigenvalue weighted by Crippen LogP contribution is 2.26. The van der Waals surface area contributed by atoms with Crippen LogP contribution in [0, 0.1) is 6.92 Å². The van der Waals surface area contributed by atoms with Crippen LogP contribution in [0.25, 0.3) is 10.8 Å². The van der Waals surface area contributed by atoms with E-state index in [1.807, 2.05) is 24.4 Å². The maximum atomic E-state index is 11.6. The first-order chi connectivity index (χ1) is 10.9. The number of sulfone groups is 1. The van der Waals surface area contributed by atoms with E-state index in [9.17, 15) is 8.42 Å². The predicted octanol–water partition coefficient (Wildman–Crippen LogP) is 3.69. The second kappa shape index (κ2) is 6.17. The van der Waals surface area contributed by atoms with Crippen molar-refractivity contribution in [2.75, 3.05) is 6.26 Å². The molecular weight excluding hydrogens is 334 g/mol. The van der Waals surface area contributed by atoms with E-state index in [1.165, 1.54) is 12.3 Å². The van der Waals surface area contributed by atoms with Gasteiger partial charge in [0.1, 0.15) is 23.8 Å². The molecule has 0 aliphatic rings. The first-order valence-electron chi connectivity index (χ1n) is 6.86. The van der Waals surface area contributed by atoms with Gasteiger partial charge in [-0.3, -0.25) is 0 Å². The minimum absolute atomic E-state index is 0.216. The molecule has 0 saturated heterocycles. The van der Waals surface area contributed by atoms with Crippen molar-refractivity contribution in [1.29, 1.82) is 0 Å². The average Bonchev–Trinajstić information content (AvgIpc) is 3.14. The monoisotopic (exact) mass is 349 g/mol. The lowest BCUT2D eigenvalue weighted by Crippen LogP contribution is -2.00. The molecule has 3 rings (SSSR count). The van der Waals surface area contributed by atoms with E-state index >= 15 is 0 Å². The summed E-state index contributed by atoms with van der Waals surface area (Å²) in [7, 11) is -3.25. The normalized spacial score (nSPS) is 11.6. The van der Waals surface area contributed by atoms with Gasteiger partial charge >= 0.3 is 0 Å². The summed E-state index contributed by atoms with van der Waals surface area (Å²) in [4.78, 5) is 5.62. The zero-order valence-electron chi connectivity index (χ0n) is 12.6. The number of benzene rings is 1. The molecule has 2 aromatic heterocycles. The van der Waals surface area contributed by atoms with E-state index < -0.39 is 9.84 Å². The van der Waals surface area contributed by atoms with E-state index in [0.717, 1.165) is 4.88 Å². The van der Waals surface area contributed by atoms with E-state index in [4.69, 9.17) is 9.15 Å². The van der Waals surface area contributed by atoms with Crippen LogP contribution in [0.5, 0.6) is 5.75 Å². The van der Waals surface area contributed by atoms with Crippen molar-refractivity contribution in [2.24, 2.45) is 0 Å². The Morgan fingerprint density at radius 2 is 2.09 bits per heavy atom.